The molecule has 0 spiro atoms. The average Bonchev–Trinajstić information content (AvgIpc) is 2.80. The number of anilines is 1. The number of hydrogen-bond donors (Lipinski definition) is 1. The van der Waals surface area contributed by atoms with Crippen molar-refractivity contribution >= 4 is 11.6 Å². The predicted molar refractivity (Wildman–Crippen MR) is 111 cm³/mol. The fraction of sp³-hybridized carbons (Fsp3) is 0.273. The monoisotopic (exact) mass is 389 g/mol. The Balaban J connectivity index is 1.40. The Labute approximate surface area is 169 Å². The van der Waals surface area contributed by atoms with Crippen LogP contribution < -0.4 is 10.1 Å². The van der Waals surface area contributed by atoms with Gasteiger partial charge in [-0.3, -0.25) is 9.78 Å². The van der Waals surface area contributed by atoms with Gasteiger partial charge in [0.15, 0.2) is 5.82 Å². The van der Waals surface area contributed by atoms with Gasteiger partial charge in [0.05, 0.1) is 12.7 Å². The minimum absolute atomic E-state index is 0.0380. The number of hydrogen-bond acceptors (Lipinski definition) is 6. The van der Waals surface area contributed by atoms with Crippen LogP contribution in [0.1, 0.15) is 23.2 Å². The van der Waals surface area contributed by atoms with E-state index in [1.165, 1.54) is 0 Å². The second-order valence-electron chi connectivity index (χ2n) is 7.00. The molecule has 1 aliphatic rings. The van der Waals surface area contributed by atoms with Gasteiger partial charge in [-0.05, 0) is 49.2 Å². The van der Waals surface area contributed by atoms with Crippen molar-refractivity contribution < 1.29 is 9.53 Å². The van der Waals surface area contributed by atoms with Crippen molar-refractivity contribution in [1.82, 2.24) is 19.9 Å². The topological polar surface area (TPSA) is 80.2 Å². The minimum atomic E-state index is -0.0380. The summed E-state index contributed by atoms with van der Waals surface area (Å²) in [5.41, 5.74) is 2.35. The molecule has 0 unspecified atom stereocenters. The van der Waals surface area contributed by atoms with E-state index in [1.54, 1.807) is 31.9 Å². The van der Waals surface area contributed by atoms with Crippen molar-refractivity contribution in [3.05, 3.63) is 66.7 Å². The molecule has 0 saturated carbocycles. The fourth-order valence-corrected chi connectivity index (χ4v) is 3.47. The molecule has 7 heteroatoms. The molecule has 1 fully saturated rings. The summed E-state index contributed by atoms with van der Waals surface area (Å²) in [7, 11) is 1.65. The van der Waals surface area contributed by atoms with Gasteiger partial charge in [0.1, 0.15) is 5.75 Å². The van der Waals surface area contributed by atoms with Crippen LogP contribution >= 0.6 is 0 Å². The highest BCUT2D eigenvalue weighted by atomic mass is 16.5. The number of piperidine rings is 1. The molecule has 0 bridgehead atoms. The molecule has 1 N–H and O–H groups in total. The zero-order valence-corrected chi connectivity index (χ0v) is 16.3. The van der Waals surface area contributed by atoms with Crippen LogP contribution in [0.2, 0.25) is 0 Å². The number of likely N-dealkylation sites (tertiary alicyclic amines) is 1. The quantitative estimate of drug-likeness (QED) is 0.721. The molecule has 1 aliphatic heterocycles. The summed E-state index contributed by atoms with van der Waals surface area (Å²) in [6, 6.07) is 11.8. The fourth-order valence-electron chi connectivity index (χ4n) is 3.47. The first-order valence-electron chi connectivity index (χ1n) is 9.65. The van der Waals surface area contributed by atoms with Gasteiger partial charge in [-0.15, -0.1) is 0 Å². The molecule has 2 aromatic heterocycles. The zero-order valence-electron chi connectivity index (χ0n) is 16.3. The van der Waals surface area contributed by atoms with E-state index in [4.69, 9.17) is 4.74 Å². The van der Waals surface area contributed by atoms with Crippen molar-refractivity contribution in [2.75, 3.05) is 25.5 Å². The highest BCUT2D eigenvalue weighted by Gasteiger charge is 2.25. The lowest BCUT2D eigenvalue weighted by molar-refractivity contribution is 0.0714. The Morgan fingerprint density at radius 2 is 1.93 bits per heavy atom. The van der Waals surface area contributed by atoms with Crippen LogP contribution in [0.15, 0.2) is 61.2 Å². The van der Waals surface area contributed by atoms with Crippen LogP contribution in [-0.4, -0.2) is 52.0 Å². The molecular weight excluding hydrogens is 366 g/mol. The normalized spacial score (nSPS) is 16.3. The van der Waals surface area contributed by atoms with E-state index >= 15 is 0 Å². The lowest BCUT2D eigenvalue weighted by atomic mass is 10.0. The van der Waals surface area contributed by atoms with Crippen molar-refractivity contribution in [2.45, 2.75) is 18.9 Å². The number of aromatic nitrogens is 3. The molecule has 1 amide bonds. The minimum Gasteiger partial charge on any atom is -0.497 e. The number of ether oxygens (including phenoxy) is 1. The molecule has 148 valence electrons. The maximum absolute atomic E-state index is 12.9. The smallest absolute Gasteiger partial charge is 0.257 e. The van der Waals surface area contributed by atoms with E-state index in [0.29, 0.717) is 17.9 Å². The van der Waals surface area contributed by atoms with Crippen LogP contribution in [0.5, 0.6) is 5.75 Å². The first kappa shape index (κ1) is 18.9. The lowest BCUT2D eigenvalue weighted by Gasteiger charge is -2.33. The Morgan fingerprint density at radius 1 is 1.14 bits per heavy atom. The van der Waals surface area contributed by atoms with E-state index in [0.717, 1.165) is 36.4 Å². The third kappa shape index (κ3) is 4.51. The van der Waals surface area contributed by atoms with Gasteiger partial charge in [0.25, 0.3) is 5.91 Å². The predicted octanol–water partition coefficient (Wildman–Crippen LogP) is 3.26. The third-order valence-electron chi connectivity index (χ3n) is 4.99. The van der Waals surface area contributed by atoms with Gasteiger partial charge in [-0.25, -0.2) is 9.97 Å². The molecule has 1 atom stereocenters. The summed E-state index contributed by atoms with van der Waals surface area (Å²) in [4.78, 5) is 27.5. The Kier molecular flexibility index (Phi) is 5.65. The Morgan fingerprint density at radius 3 is 2.62 bits per heavy atom. The number of amides is 1. The van der Waals surface area contributed by atoms with E-state index in [9.17, 15) is 4.79 Å². The second kappa shape index (κ2) is 8.68. The van der Waals surface area contributed by atoms with Crippen LogP contribution in [0.4, 0.5) is 5.69 Å². The highest BCUT2D eigenvalue weighted by Crippen LogP contribution is 2.20. The molecule has 1 saturated heterocycles. The molecule has 3 heterocycles. The number of pyridine rings is 1. The summed E-state index contributed by atoms with van der Waals surface area (Å²) >= 11 is 0. The first-order valence-corrected chi connectivity index (χ1v) is 9.65. The molecule has 29 heavy (non-hydrogen) atoms. The van der Waals surface area contributed by atoms with Crippen molar-refractivity contribution in [1.29, 1.82) is 0 Å². The van der Waals surface area contributed by atoms with Gasteiger partial charge in [0.2, 0.25) is 0 Å². The third-order valence-corrected chi connectivity index (χ3v) is 4.99. The van der Waals surface area contributed by atoms with Gasteiger partial charge < -0.3 is 15.0 Å². The number of carbonyl (C=O) groups is 1. The maximum Gasteiger partial charge on any atom is 0.257 e. The number of rotatable bonds is 5. The SMILES string of the molecule is COc1ccc(N[C@@H]2CCCN(C(=O)c3cnc(-c4cccnc4)nc3)C2)cc1. The number of carbonyl (C=O) groups excluding carboxylic acids is 1. The summed E-state index contributed by atoms with van der Waals surface area (Å²) in [6.07, 6.45) is 8.57. The highest BCUT2D eigenvalue weighted by molar-refractivity contribution is 5.93. The molecule has 0 aliphatic carbocycles. The molecule has 7 nitrogen and oxygen atoms in total. The first-order chi connectivity index (χ1) is 14.2. The summed E-state index contributed by atoms with van der Waals surface area (Å²) < 4.78 is 5.20. The van der Waals surface area contributed by atoms with Crippen molar-refractivity contribution in [3.63, 3.8) is 0 Å². The van der Waals surface area contributed by atoms with Crippen molar-refractivity contribution in [3.8, 4) is 17.1 Å². The van der Waals surface area contributed by atoms with Crippen LogP contribution in [0.3, 0.4) is 0 Å². The van der Waals surface area contributed by atoms with Crippen LogP contribution in [0.25, 0.3) is 11.4 Å². The molecule has 4 rings (SSSR count). The Hall–Kier alpha value is -3.48. The molecule has 0 radical (unpaired) electrons. The number of nitrogens with one attached hydrogen (secondary N) is 1. The van der Waals surface area contributed by atoms with E-state index < -0.39 is 0 Å². The largest absolute Gasteiger partial charge is 0.497 e. The Bertz CT molecular complexity index is 945. The van der Waals surface area contributed by atoms with E-state index in [1.807, 2.05) is 41.3 Å². The summed E-state index contributed by atoms with van der Waals surface area (Å²) in [5.74, 6) is 1.35. The average molecular weight is 389 g/mol. The summed E-state index contributed by atoms with van der Waals surface area (Å²) in [6.45, 7) is 1.39. The lowest BCUT2D eigenvalue weighted by Crippen LogP contribution is -2.45. The summed E-state index contributed by atoms with van der Waals surface area (Å²) in [5, 5.41) is 3.51. The molecule has 3 aromatic rings. The number of methoxy groups -OCH3 is 1. The van der Waals surface area contributed by atoms with Gasteiger partial charge in [0, 0.05) is 55.2 Å². The molecular formula is C22H23N5O2. The van der Waals surface area contributed by atoms with Crippen LogP contribution in [0, 0.1) is 0 Å². The van der Waals surface area contributed by atoms with Crippen LogP contribution in [-0.2, 0) is 0 Å². The number of benzene rings is 1. The maximum atomic E-state index is 12.9. The van der Waals surface area contributed by atoms with Gasteiger partial charge in [-0.2, -0.15) is 0 Å². The van der Waals surface area contributed by atoms with E-state index in [2.05, 4.69) is 20.3 Å². The van der Waals surface area contributed by atoms with Crippen molar-refractivity contribution in [2.24, 2.45) is 0 Å². The van der Waals surface area contributed by atoms with Gasteiger partial charge in [-0.1, -0.05) is 0 Å². The standard InChI is InChI=1S/C22H23N5O2/c1-29-20-8-6-18(7-9-20)26-19-5-3-11-27(15-19)22(28)17-13-24-21(25-14-17)16-4-2-10-23-12-16/h2,4,6-10,12-14,19,26H,3,5,11,15H2,1H3/t19-/m1/s1. The zero-order chi connectivity index (χ0) is 20.1. The molecule has 1 aromatic carbocycles. The van der Waals surface area contributed by atoms with E-state index in [-0.39, 0.29) is 11.9 Å². The second-order valence-corrected chi connectivity index (χ2v) is 7.00. The van der Waals surface area contributed by atoms with Gasteiger partial charge >= 0.3 is 0 Å². The number of nitrogens with zero attached hydrogens (tertiary/aromatic N) is 4.